The van der Waals surface area contributed by atoms with E-state index in [2.05, 4.69) is 0 Å². The first-order valence-corrected chi connectivity index (χ1v) is 4.96. The third kappa shape index (κ3) is 1.25. The first-order valence-electron chi connectivity index (χ1n) is 4.96. The van der Waals surface area contributed by atoms with Gasteiger partial charge in [-0.3, -0.25) is 10.1 Å². The second-order valence-corrected chi connectivity index (χ2v) is 3.66. The van der Waals surface area contributed by atoms with Crippen LogP contribution in [0.1, 0.15) is 0 Å². The van der Waals surface area contributed by atoms with Crippen LogP contribution in [0.3, 0.4) is 0 Å². The topological polar surface area (TPSA) is 76.5 Å². The average Bonchev–Trinajstić information content (AvgIpc) is 2.67. The maximum Gasteiger partial charge on any atom is 0.322 e. The number of nitro benzene ring substituents is 1. The van der Waals surface area contributed by atoms with Crippen molar-refractivity contribution >= 4 is 27.6 Å². The second-order valence-electron chi connectivity index (χ2n) is 3.66. The van der Waals surface area contributed by atoms with E-state index in [1.807, 2.05) is 0 Å². The highest BCUT2D eigenvalue weighted by Crippen LogP contribution is 2.40. The molecule has 0 atom stereocenters. The number of fused-ring (bicyclic) bond motifs is 3. The minimum absolute atomic E-state index is 0.313. The molecule has 5 nitrogen and oxygen atoms in total. The predicted octanol–water partition coefficient (Wildman–Crippen LogP) is 3.20. The molecule has 0 aliphatic heterocycles. The van der Waals surface area contributed by atoms with Crippen molar-refractivity contribution in [3.05, 3.63) is 46.5 Å². The van der Waals surface area contributed by atoms with Gasteiger partial charge < -0.3 is 9.52 Å². The van der Waals surface area contributed by atoms with Crippen LogP contribution < -0.4 is 0 Å². The Labute approximate surface area is 95.0 Å². The molecule has 0 saturated carbocycles. The SMILES string of the molecule is O=[N+]([O-])c1c(O)ccc2oc3ccccc3c12. The van der Waals surface area contributed by atoms with Gasteiger partial charge in [-0.05, 0) is 18.2 Å². The summed E-state index contributed by atoms with van der Waals surface area (Å²) in [5.74, 6) is -0.353. The molecule has 84 valence electrons. The molecule has 3 aromatic rings. The number of hydrogen-bond acceptors (Lipinski definition) is 4. The lowest BCUT2D eigenvalue weighted by atomic mass is 10.1. The fraction of sp³-hybridized carbons (Fsp3) is 0. The van der Waals surface area contributed by atoms with Crippen molar-refractivity contribution in [2.45, 2.75) is 0 Å². The Kier molecular flexibility index (Phi) is 1.82. The fourth-order valence-electron chi connectivity index (χ4n) is 1.97. The van der Waals surface area contributed by atoms with Crippen LogP contribution in [-0.2, 0) is 0 Å². The lowest BCUT2D eigenvalue weighted by molar-refractivity contribution is -0.384. The molecule has 0 saturated heterocycles. The fourth-order valence-corrected chi connectivity index (χ4v) is 1.97. The van der Waals surface area contributed by atoms with Crippen molar-refractivity contribution in [1.29, 1.82) is 0 Å². The van der Waals surface area contributed by atoms with Crippen LogP contribution in [0.5, 0.6) is 5.75 Å². The molecule has 0 unspecified atom stereocenters. The summed E-state index contributed by atoms with van der Waals surface area (Å²) in [7, 11) is 0. The number of benzene rings is 2. The first-order chi connectivity index (χ1) is 8.18. The monoisotopic (exact) mass is 229 g/mol. The van der Waals surface area contributed by atoms with Gasteiger partial charge in [-0.25, -0.2) is 0 Å². The summed E-state index contributed by atoms with van der Waals surface area (Å²) in [4.78, 5) is 10.4. The van der Waals surface area contributed by atoms with Gasteiger partial charge in [-0.15, -0.1) is 0 Å². The van der Waals surface area contributed by atoms with Crippen LogP contribution in [-0.4, -0.2) is 10.0 Å². The van der Waals surface area contributed by atoms with Gasteiger partial charge in [0.05, 0.1) is 4.92 Å². The summed E-state index contributed by atoms with van der Waals surface area (Å²) in [6.45, 7) is 0. The van der Waals surface area contributed by atoms with Gasteiger partial charge in [0, 0.05) is 5.39 Å². The molecule has 0 aliphatic carbocycles. The summed E-state index contributed by atoms with van der Waals surface area (Å²) >= 11 is 0. The summed E-state index contributed by atoms with van der Waals surface area (Å²) in [6.07, 6.45) is 0. The molecular weight excluding hydrogens is 222 g/mol. The van der Waals surface area contributed by atoms with Gasteiger partial charge in [0.25, 0.3) is 0 Å². The minimum Gasteiger partial charge on any atom is -0.502 e. The molecule has 3 rings (SSSR count). The Bertz CT molecular complexity index is 745. The predicted molar refractivity (Wildman–Crippen MR) is 62.0 cm³/mol. The number of phenolic OH excluding ortho intramolecular Hbond substituents is 1. The standard InChI is InChI=1S/C12H7NO4/c14-8-5-6-10-11(12(8)13(15)16)7-3-1-2-4-9(7)17-10/h1-6,14H. The van der Waals surface area contributed by atoms with Crippen LogP contribution in [0.25, 0.3) is 21.9 Å². The van der Waals surface area contributed by atoms with Crippen molar-refractivity contribution in [3.63, 3.8) is 0 Å². The van der Waals surface area contributed by atoms with Gasteiger partial charge in [0.15, 0.2) is 5.75 Å². The molecular formula is C12H7NO4. The van der Waals surface area contributed by atoms with E-state index in [4.69, 9.17) is 4.42 Å². The molecule has 0 radical (unpaired) electrons. The van der Waals surface area contributed by atoms with Gasteiger partial charge in [0.1, 0.15) is 16.6 Å². The third-order valence-electron chi connectivity index (χ3n) is 2.68. The third-order valence-corrected chi connectivity index (χ3v) is 2.68. The highest BCUT2D eigenvalue weighted by molar-refractivity contribution is 6.10. The van der Waals surface area contributed by atoms with E-state index in [0.717, 1.165) is 0 Å². The Morgan fingerprint density at radius 1 is 1.12 bits per heavy atom. The molecule has 17 heavy (non-hydrogen) atoms. The molecule has 1 heterocycles. The lowest BCUT2D eigenvalue weighted by Gasteiger charge is -1.96. The molecule has 1 aromatic heterocycles. The molecule has 5 heteroatoms. The average molecular weight is 229 g/mol. The van der Waals surface area contributed by atoms with Crippen LogP contribution in [0.15, 0.2) is 40.8 Å². The second kappa shape index (κ2) is 3.21. The van der Waals surface area contributed by atoms with Crippen LogP contribution in [0, 0.1) is 10.1 Å². The molecule has 2 aromatic carbocycles. The van der Waals surface area contributed by atoms with Gasteiger partial charge >= 0.3 is 5.69 Å². The minimum atomic E-state index is -0.598. The summed E-state index contributed by atoms with van der Waals surface area (Å²) in [5.41, 5.74) is 0.652. The van der Waals surface area contributed by atoms with Crippen molar-refractivity contribution in [1.82, 2.24) is 0 Å². The Morgan fingerprint density at radius 2 is 1.88 bits per heavy atom. The van der Waals surface area contributed by atoms with E-state index < -0.39 is 4.92 Å². The van der Waals surface area contributed by atoms with Crippen LogP contribution in [0.4, 0.5) is 5.69 Å². The molecule has 0 bridgehead atoms. The molecule has 0 spiro atoms. The summed E-state index contributed by atoms with van der Waals surface area (Å²) < 4.78 is 5.48. The zero-order valence-electron chi connectivity index (χ0n) is 8.58. The normalized spacial score (nSPS) is 11.1. The maximum atomic E-state index is 11.0. The van der Waals surface area contributed by atoms with Gasteiger partial charge in [0.2, 0.25) is 0 Å². The Hall–Kier alpha value is -2.56. The number of hydrogen-bond donors (Lipinski definition) is 1. The number of nitro groups is 1. The summed E-state index contributed by atoms with van der Waals surface area (Å²) in [5, 5.41) is 21.5. The Morgan fingerprint density at radius 3 is 2.65 bits per heavy atom. The molecule has 0 aliphatic rings. The smallest absolute Gasteiger partial charge is 0.322 e. The van der Waals surface area contributed by atoms with E-state index in [1.165, 1.54) is 12.1 Å². The zero-order chi connectivity index (χ0) is 12.0. The number of nitrogens with zero attached hydrogens (tertiary/aromatic N) is 1. The van der Waals surface area contributed by atoms with Gasteiger partial charge in [-0.1, -0.05) is 18.2 Å². The Balaban J connectivity index is 2.60. The summed E-state index contributed by atoms with van der Waals surface area (Å²) in [6, 6.07) is 9.81. The largest absolute Gasteiger partial charge is 0.502 e. The highest BCUT2D eigenvalue weighted by atomic mass is 16.6. The molecule has 0 fully saturated rings. The van der Waals surface area contributed by atoms with E-state index in [-0.39, 0.29) is 11.4 Å². The van der Waals surface area contributed by atoms with Crippen molar-refractivity contribution in [2.75, 3.05) is 0 Å². The first kappa shape index (κ1) is 9.65. The van der Waals surface area contributed by atoms with E-state index in [0.29, 0.717) is 21.9 Å². The van der Waals surface area contributed by atoms with E-state index in [9.17, 15) is 15.2 Å². The quantitative estimate of drug-likeness (QED) is 0.513. The van der Waals surface area contributed by atoms with Crippen LogP contribution in [0.2, 0.25) is 0 Å². The molecule has 0 amide bonds. The van der Waals surface area contributed by atoms with Crippen molar-refractivity contribution in [3.8, 4) is 5.75 Å². The zero-order valence-corrected chi connectivity index (χ0v) is 8.58. The maximum absolute atomic E-state index is 11.0. The number of rotatable bonds is 1. The lowest BCUT2D eigenvalue weighted by Crippen LogP contribution is -1.89. The van der Waals surface area contributed by atoms with Crippen molar-refractivity contribution in [2.24, 2.45) is 0 Å². The highest BCUT2D eigenvalue weighted by Gasteiger charge is 2.22. The van der Waals surface area contributed by atoms with Gasteiger partial charge in [-0.2, -0.15) is 0 Å². The van der Waals surface area contributed by atoms with Crippen molar-refractivity contribution < 1.29 is 14.4 Å². The number of aromatic hydroxyl groups is 1. The van der Waals surface area contributed by atoms with E-state index >= 15 is 0 Å². The number of phenols is 1. The van der Waals surface area contributed by atoms with Crippen LogP contribution >= 0.6 is 0 Å². The van der Waals surface area contributed by atoms with E-state index in [1.54, 1.807) is 24.3 Å². The number of furan rings is 1. The molecule has 1 N–H and O–H groups in total. The number of para-hydroxylation sites is 1.